The lowest BCUT2D eigenvalue weighted by Crippen LogP contribution is -2.36. The second-order valence-electron chi connectivity index (χ2n) is 3.14. The minimum atomic E-state index is 0.0483. The van der Waals surface area contributed by atoms with Gasteiger partial charge in [0.25, 0.3) is 0 Å². The van der Waals surface area contributed by atoms with E-state index >= 15 is 0 Å². The zero-order chi connectivity index (χ0) is 10.1. The van der Waals surface area contributed by atoms with Crippen molar-refractivity contribution in [2.75, 3.05) is 33.4 Å². The highest BCUT2D eigenvalue weighted by Crippen LogP contribution is 1.91. The van der Waals surface area contributed by atoms with Crippen molar-refractivity contribution in [2.45, 2.75) is 13.8 Å². The number of rotatable bonds is 7. The molecule has 1 amide bonds. The summed E-state index contributed by atoms with van der Waals surface area (Å²) in [5.74, 6) is 0.492. The zero-order valence-electron chi connectivity index (χ0n) is 8.72. The number of amides is 1. The lowest BCUT2D eigenvalue weighted by atomic mass is 10.2. The molecule has 2 N–H and O–H groups in total. The first kappa shape index (κ1) is 12.4. The standard InChI is InChI=1S/C9H20N2O2/c1-4-11-9(12)6-10-5-8(2)7-13-3/h8,10H,4-7H2,1-3H3,(H,11,12). The topological polar surface area (TPSA) is 50.4 Å². The van der Waals surface area contributed by atoms with E-state index in [9.17, 15) is 4.79 Å². The maximum atomic E-state index is 11.0. The highest BCUT2D eigenvalue weighted by Gasteiger charge is 2.02. The van der Waals surface area contributed by atoms with Crippen molar-refractivity contribution < 1.29 is 9.53 Å². The molecule has 0 aliphatic rings. The number of methoxy groups -OCH3 is 1. The molecule has 0 aromatic rings. The summed E-state index contributed by atoms with van der Waals surface area (Å²) in [6.45, 7) is 6.60. The Balaban J connectivity index is 3.28. The zero-order valence-corrected chi connectivity index (χ0v) is 8.72. The molecule has 1 unspecified atom stereocenters. The van der Waals surface area contributed by atoms with Crippen molar-refractivity contribution >= 4 is 5.91 Å². The molecule has 1 atom stereocenters. The average Bonchev–Trinajstić information content (AvgIpc) is 2.05. The second kappa shape index (κ2) is 8.01. The van der Waals surface area contributed by atoms with Crippen molar-refractivity contribution in [2.24, 2.45) is 5.92 Å². The van der Waals surface area contributed by atoms with E-state index < -0.39 is 0 Å². The number of carbonyl (C=O) groups excluding carboxylic acids is 1. The van der Waals surface area contributed by atoms with Gasteiger partial charge in [0.1, 0.15) is 0 Å². The predicted octanol–water partition coefficient (Wildman–Crippen LogP) is -0.00540. The summed E-state index contributed by atoms with van der Waals surface area (Å²) >= 11 is 0. The molecular formula is C9H20N2O2. The van der Waals surface area contributed by atoms with Crippen LogP contribution in [0.3, 0.4) is 0 Å². The molecule has 0 fully saturated rings. The molecule has 13 heavy (non-hydrogen) atoms. The number of ether oxygens (including phenoxy) is 1. The van der Waals surface area contributed by atoms with Crippen LogP contribution in [0, 0.1) is 5.92 Å². The smallest absolute Gasteiger partial charge is 0.233 e. The van der Waals surface area contributed by atoms with Crippen LogP contribution in [-0.2, 0) is 9.53 Å². The van der Waals surface area contributed by atoms with E-state index in [2.05, 4.69) is 17.6 Å². The van der Waals surface area contributed by atoms with Crippen molar-refractivity contribution in [3.05, 3.63) is 0 Å². The molecule has 0 bridgehead atoms. The van der Waals surface area contributed by atoms with Crippen molar-refractivity contribution in [3.63, 3.8) is 0 Å². The highest BCUT2D eigenvalue weighted by molar-refractivity contribution is 5.77. The van der Waals surface area contributed by atoms with Crippen LogP contribution in [-0.4, -0.2) is 39.3 Å². The Hall–Kier alpha value is -0.610. The first-order valence-corrected chi connectivity index (χ1v) is 4.67. The van der Waals surface area contributed by atoms with Crippen LogP contribution in [0.1, 0.15) is 13.8 Å². The Kier molecular flexibility index (Phi) is 7.63. The quantitative estimate of drug-likeness (QED) is 0.591. The van der Waals surface area contributed by atoms with Gasteiger partial charge in [0.05, 0.1) is 6.54 Å². The Morgan fingerprint density at radius 2 is 2.23 bits per heavy atom. The SMILES string of the molecule is CCNC(=O)CNCC(C)COC. The summed E-state index contributed by atoms with van der Waals surface area (Å²) in [4.78, 5) is 11.0. The van der Waals surface area contributed by atoms with E-state index in [4.69, 9.17) is 4.74 Å². The maximum absolute atomic E-state index is 11.0. The fourth-order valence-corrected chi connectivity index (χ4v) is 1.04. The van der Waals surface area contributed by atoms with Crippen LogP contribution in [0.25, 0.3) is 0 Å². The number of likely N-dealkylation sites (N-methyl/N-ethyl adjacent to an activating group) is 1. The number of hydrogen-bond donors (Lipinski definition) is 2. The molecule has 0 spiro atoms. The first-order chi connectivity index (χ1) is 6.20. The van der Waals surface area contributed by atoms with Crippen LogP contribution in [0.4, 0.5) is 0 Å². The minimum Gasteiger partial charge on any atom is -0.384 e. The third-order valence-corrected chi connectivity index (χ3v) is 1.60. The van der Waals surface area contributed by atoms with Gasteiger partial charge in [-0.05, 0) is 12.8 Å². The normalized spacial score (nSPS) is 12.5. The molecule has 0 aliphatic heterocycles. The van der Waals surface area contributed by atoms with Crippen LogP contribution in [0.5, 0.6) is 0 Å². The van der Waals surface area contributed by atoms with E-state index in [1.54, 1.807) is 7.11 Å². The molecule has 0 radical (unpaired) electrons. The average molecular weight is 188 g/mol. The monoisotopic (exact) mass is 188 g/mol. The summed E-state index contributed by atoms with van der Waals surface area (Å²) in [6.07, 6.45) is 0. The van der Waals surface area contributed by atoms with Gasteiger partial charge in [0, 0.05) is 26.8 Å². The van der Waals surface area contributed by atoms with Crippen molar-refractivity contribution in [3.8, 4) is 0 Å². The molecule has 0 heterocycles. The van der Waals surface area contributed by atoms with Gasteiger partial charge in [-0.1, -0.05) is 6.92 Å². The van der Waals surface area contributed by atoms with Gasteiger partial charge in [-0.15, -0.1) is 0 Å². The summed E-state index contributed by atoms with van der Waals surface area (Å²) in [5.41, 5.74) is 0. The fourth-order valence-electron chi connectivity index (χ4n) is 1.04. The molecule has 0 aromatic carbocycles. The molecule has 0 saturated carbocycles. The van der Waals surface area contributed by atoms with E-state index in [-0.39, 0.29) is 5.91 Å². The van der Waals surface area contributed by atoms with Crippen LogP contribution in [0.2, 0.25) is 0 Å². The number of hydrogen-bond acceptors (Lipinski definition) is 3. The summed E-state index contributed by atoms with van der Waals surface area (Å²) in [7, 11) is 1.68. The minimum absolute atomic E-state index is 0.0483. The lowest BCUT2D eigenvalue weighted by molar-refractivity contribution is -0.120. The second-order valence-corrected chi connectivity index (χ2v) is 3.14. The van der Waals surface area contributed by atoms with Crippen LogP contribution < -0.4 is 10.6 Å². The Labute approximate surface area is 80.0 Å². The summed E-state index contributed by atoms with van der Waals surface area (Å²) in [6, 6.07) is 0. The van der Waals surface area contributed by atoms with E-state index in [0.717, 1.165) is 13.2 Å². The van der Waals surface area contributed by atoms with E-state index in [1.807, 2.05) is 6.92 Å². The molecule has 0 rings (SSSR count). The number of nitrogens with one attached hydrogen (secondary N) is 2. The van der Waals surface area contributed by atoms with E-state index in [0.29, 0.717) is 19.0 Å². The Morgan fingerprint density at radius 1 is 1.54 bits per heavy atom. The number of carbonyl (C=O) groups is 1. The molecule has 0 saturated heterocycles. The first-order valence-electron chi connectivity index (χ1n) is 4.67. The van der Waals surface area contributed by atoms with Gasteiger partial charge >= 0.3 is 0 Å². The molecule has 4 nitrogen and oxygen atoms in total. The molecule has 4 heteroatoms. The van der Waals surface area contributed by atoms with E-state index in [1.165, 1.54) is 0 Å². The van der Waals surface area contributed by atoms with Gasteiger partial charge in [0.2, 0.25) is 5.91 Å². The fraction of sp³-hybridized carbons (Fsp3) is 0.889. The molecule has 0 aliphatic carbocycles. The van der Waals surface area contributed by atoms with Crippen LogP contribution in [0.15, 0.2) is 0 Å². The van der Waals surface area contributed by atoms with Crippen molar-refractivity contribution in [1.29, 1.82) is 0 Å². The molecular weight excluding hydrogens is 168 g/mol. The maximum Gasteiger partial charge on any atom is 0.233 e. The third kappa shape index (κ3) is 7.74. The van der Waals surface area contributed by atoms with Crippen molar-refractivity contribution in [1.82, 2.24) is 10.6 Å². The van der Waals surface area contributed by atoms with Crippen LogP contribution >= 0.6 is 0 Å². The van der Waals surface area contributed by atoms with Gasteiger partial charge in [-0.3, -0.25) is 4.79 Å². The summed E-state index contributed by atoms with van der Waals surface area (Å²) in [5, 5.41) is 5.78. The largest absolute Gasteiger partial charge is 0.384 e. The third-order valence-electron chi connectivity index (χ3n) is 1.60. The van der Waals surface area contributed by atoms with Gasteiger partial charge < -0.3 is 15.4 Å². The Morgan fingerprint density at radius 3 is 2.77 bits per heavy atom. The highest BCUT2D eigenvalue weighted by atomic mass is 16.5. The molecule has 0 aromatic heterocycles. The molecule has 78 valence electrons. The lowest BCUT2D eigenvalue weighted by Gasteiger charge is -2.10. The van der Waals surface area contributed by atoms with Gasteiger partial charge in [-0.25, -0.2) is 0 Å². The summed E-state index contributed by atoms with van der Waals surface area (Å²) < 4.78 is 4.97. The van der Waals surface area contributed by atoms with Gasteiger partial charge in [-0.2, -0.15) is 0 Å². The predicted molar refractivity (Wildman–Crippen MR) is 52.6 cm³/mol. The van der Waals surface area contributed by atoms with Gasteiger partial charge in [0.15, 0.2) is 0 Å². The Bertz CT molecular complexity index is 140.